The van der Waals surface area contributed by atoms with Crippen LogP contribution in [-0.4, -0.2) is 15.8 Å². The van der Waals surface area contributed by atoms with Crippen molar-refractivity contribution in [3.05, 3.63) is 17.0 Å². The molecule has 1 aromatic heterocycles. The van der Waals surface area contributed by atoms with Crippen molar-refractivity contribution in [2.75, 3.05) is 0 Å². The molecule has 4 nitrogen and oxygen atoms in total. The van der Waals surface area contributed by atoms with Crippen LogP contribution in [-0.2, 0) is 7.05 Å². The molecule has 1 aliphatic rings. The van der Waals surface area contributed by atoms with Crippen LogP contribution in [0, 0.1) is 25.2 Å². The van der Waals surface area contributed by atoms with Crippen LogP contribution in [0.1, 0.15) is 35.8 Å². The van der Waals surface area contributed by atoms with E-state index in [0.717, 1.165) is 17.0 Å². The Morgan fingerprint density at radius 2 is 2.20 bits per heavy atom. The topological polar surface area (TPSA) is 53.6 Å². The number of rotatable bonds is 3. The summed E-state index contributed by atoms with van der Waals surface area (Å²) in [7, 11) is 1.91. The molecule has 1 aliphatic carbocycles. The monoisotopic (exact) mass is 204 g/mol. The number of hydrogen-bond acceptors (Lipinski definition) is 3. The predicted molar refractivity (Wildman–Crippen MR) is 57.2 cm³/mol. The van der Waals surface area contributed by atoms with Crippen LogP contribution in [0.5, 0.6) is 0 Å². The fourth-order valence-electron chi connectivity index (χ4n) is 1.88. The Labute approximate surface area is 89.9 Å². The predicted octanol–water partition coefficient (Wildman–Crippen LogP) is 1.35. The van der Waals surface area contributed by atoms with Gasteiger partial charge in [-0.2, -0.15) is 10.4 Å². The van der Waals surface area contributed by atoms with Gasteiger partial charge < -0.3 is 0 Å². The fourth-order valence-corrected chi connectivity index (χ4v) is 1.88. The molecule has 1 saturated carbocycles. The molecule has 1 N–H and O–H groups in total. The lowest BCUT2D eigenvalue weighted by Gasteiger charge is -2.11. The van der Waals surface area contributed by atoms with Crippen LogP contribution in [0.2, 0.25) is 0 Å². The van der Waals surface area contributed by atoms with E-state index in [-0.39, 0.29) is 6.04 Å². The van der Waals surface area contributed by atoms with Gasteiger partial charge in [0.25, 0.3) is 0 Å². The number of aryl methyl sites for hydroxylation is 2. The third-order valence-electron chi connectivity index (χ3n) is 2.96. The van der Waals surface area contributed by atoms with Crippen molar-refractivity contribution >= 4 is 0 Å². The van der Waals surface area contributed by atoms with E-state index in [1.54, 1.807) is 0 Å². The van der Waals surface area contributed by atoms with Crippen LogP contribution in [0.4, 0.5) is 0 Å². The van der Waals surface area contributed by atoms with Gasteiger partial charge in [0.05, 0.1) is 11.8 Å². The van der Waals surface area contributed by atoms with Crippen LogP contribution < -0.4 is 5.32 Å². The summed E-state index contributed by atoms with van der Waals surface area (Å²) in [5, 5.41) is 16.8. The minimum absolute atomic E-state index is 0.203. The molecule has 4 heteroatoms. The molecule has 1 aromatic rings. The van der Waals surface area contributed by atoms with Gasteiger partial charge in [-0.05, 0) is 26.7 Å². The number of nitrogens with zero attached hydrogens (tertiary/aromatic N) is 3. The van der Waals surface area contributed by atoms with E-state index < -0.39 is 0 Å². The van der Waals surface area contributed by atoms with Gasteiger partial charge in [-0.15, -0.1) is 0 Å². The van der Waals surface area contributed by atoms with Crippen LogP contribution in [0.15, 0.2) is 0 Å². The molecule has 1 atom stereocenters. The first-order valence-corrected chi connectivity index (χ1v) is 5.29. The van der Waals surface area contributed by atoms with E-state index in [9.17, 15) is 0 Å². The highest BCUT2D eigenvalue weighted by atomic mass is 15.3. The van der Waals surface area contributed by atoms with Crippen LogP contribution in [0.3, 0.4) is 0 Å². The highest BCUT2D eigenvalue weighted by Crippen LogP contribution is 2.26. The van der Waals surface area contributed by atoms with E-state index in [0.29, 0.717) is 6.04 Å². The second-order valence-corrected chi connectivity index (χ2v) is 4.21. The first-order valence-electron chi connectivity index (χ1n) is 5.29. The highest BCUT2D eigenvalue weighted by Gasteiger charge is 2.28. The molecule has 1 heterocycles. The number of nitrogens with one attached hydrogen (secondary N) is 1. The third-order valence-corrected chi connectivity index (χ3v) is 2.96. The number of hydrogen-bond donors (Lipinski definition) is 1. The number of aromatic nitrogens is 2. The molecule has 1 fully saturated rings. The molecule has 1 unspecified atom stereocenters. The van der Waals surface area contributed by atoms with Crippen molar-refractivity contribution in [1.29, 1.82) is 5.26 Å². The fraction of sp³-hybridized carbons (Fsp3) is 0.636. The maximum absolute atomic E-state index is 9.16. The minimum Gasteiger partial charge on any atom is -0.295 e. The Bertz CT molecular complexity index is 409. The Morgan fingerprint density at radius 3 is 2.60 bits per heavy atom. The van der Waals surface area contributed by atoms with Gasteiger partial charge in [0, 0.05) is 24.3 Å². The van der Waals surface area contributed by atoms with Crippen LogP contribution >= 0.6 is 0 Å². The maximum Gasteiger partial charge on any atom is 0.125 e. The molecule has 0 saturated heterocycles. The summed E-state index contributed by atoms with van der Waals surface area (Å²) in [4.78, 5) is 0. The molecule has 0 bridgehead atoms. The van der Waals surface area contributed by atoms with E-state index in [1.807, 2.05) is 25.6 Å². The Balaban J connectivity index is 2.28. The average molecular weight is 204 g/mol. The van der Waals surface area contributed by atoms with Gasteiger partial charge in [0.2, 0.25) is 0 Å². The first kappa shape index (κ1) is 10.2. The number of nitriles is 1. The molecule has 0 aliphatic heterocycles. The summed E-state index contributed by atoms with van der Waals surface area (Å²) in [5.74, 6) is 0. The van der Waals surface area contributed by atoms with E-state index in [4.69, 9.17) is 5.26 Å². The van der Waals surface area contributed by atoms with Crippen molar-refractivity contribution in [3.8, 4) is 6.07 Å². The van der Waals surface area contributed by atoms with Crippen molar-refractivity contribution in [1.82, 2.24) is 15.1 Å². The standard InChI is InChI=1S/C11H16N4/c1-7-11(8(2)15(3)14-7)10(6-12)13-9-4-5-9/h9-10,13H,4-5H2,1-3H3. The molecule has 80 valence electrons. The van der Waals surface area contributed by atoms with E-state index in [1.165, 1.54) is 12.8 Å². The molecule has 0 aromatic carbocycles. The zero-order valence-electron chi connectivity index (χ0n) is 9.41. The molecule has 0 radical (unpaired) electrons. The largest absolute Gasteiger partial charge is 0.295 e. The summed E-state index contributed by atoms with van der Waals surface area (Å²) in [6, 6.07) is 2.65. The molecule has 0 amide bonds. The van der Waals surface area contributed by atoms with Gasteiger partial charge >= 0.3 is 0 Å². The molecular weight excluding hydrogens is 188 g/mol. The molecule has 2 rings (SSSR count). The minimum atomic E-state index is -0.203. The van der Waals surface area contributed by atoms with E-state index in [2.05, 4.69) is 16.5 Å². The summed E-state index contributed by atoms with van der Waals surface area (Å²) < 4.78 is 1.84. The molecular formula is C11H16N4. The summed E-state index contributed by atoms with van der Waals surface area (Å²) >= 11 is 0. The van der Waals surface area contributed by atoms with Gasteiger partial charge in [0.15, 0.2) is 0 Å². The smallest absolute Gasteiger partial charge is 0.125 e. The van der Waals surface area contributed by atoms with Gasteiger partial charge in [-0.1, -0.05) is 0 Å². The second-order valence-electron chi connectivity index (χ2n) is 4.21. The Kier molecular flexibility index (Phi) is 2.49. The van der Waals surface area contributed by atoms with Gasteiger partial charge in [-0.25, -0.2) is 0 Å². The van der Waals surface area contributed by atoms with Gasteiger partial charge in [0.1, 0.15) is 6.04 Å². The maximum atomic E-state index is 9.16. The lowest BCUT2D eigenvalue weighted by atomic mass is 10.1. The molecule has 0 spiro atoms. The van der Waals surface area contributed by atoms with Gasteiger partial charge in [-0.3, -0.25) is 10.00 Å². The average Bonchev–Trinajstić information content (AvgIpc) is 2.96. The highest BCUT2D eigenvalue weighted by molar-refractivity contribution is 5.32. The first-order chi connectivity index (χ1) is 7.13. The van der Waals surface area contributed by atoms with Crippen molar-refractivity contribution in [2.24, 2.45) is 7.05 Å². The second kappa shape index (κ2) is 3.67. The van der Waals surface area contributed by atoms with E-state index >= 15 is 0 Å². The third kappa shape index (κ3) is 1.88. The summed E-state index contributed by atoms with van der Waals surface area (Å²) in [6.45, 7) is 3.97. The SMILES string of the molecule is Cc1nn(C)c(C)c1C(C#N)NC1CC1. The zero-order valence-corrected chi connectivity index (χ0v) is 9.41. The molecule has 15 heavy (non-hydrogen) atoms. The summed E-state index contributed by atoms with van der Waals surface area (Å²) in [6.07, 6.45) is 2.38. The van der Waals surface area contributed by atoms with Crippen molar-refractivity contribution < 1.29 is 0 Å². The van der Waals surface area contributed by atoms with Crippen molar-refractivity contribution in [3.63, 3.8) is 0 Å². The quantitative estimate of drug-likeness (QED) is 0.808. The lowest BCUT2D eigenvalue weighted by Crippen LogP contribution is -2.23. The zero-order chi connectivity index (χ0) is 11.0. The normalized spacial score (nSPS) is 17.5. The Morgan fingerprint density at radius 1 is 1.53 bits per heavy atom. The summed E-state index contributed by atoms with van der Waals surface area (Å²) in [5.41, 5.74) is 3.08. The lowest BCUT2D eigenvalue weighted by molar-refractivity contribution is 0.619. The van der Waals surface area contributed by atoms with Crippen molar-refractivity contribution in [2.45, 2.75) is 38.8 Å². The Hall–Kier alpha value is -1.34. The van der Waals surface area contributed by atoms with Crippen LogP contribution in [0.25, 0.3) is 0 Å².